The van der Waals surface area contributed by atoms with E-state index < -0.39 is 0 Å². The molecule has 0 heterocycles. The van der Waals surface area contributed by atoms with Crippen molar-refractivity contribution in [1.82, 2.24) is 5.32 Å². The summed E-state index contributed by atoms with van der Waals surface area (Å²) in [5, 5.41) is 12.5. The highest BCUT2D eigenvalue weighted by Crippen LogP contribution is 2.23. The summed E-state index contributed by atoms with van der Waals surface area (Å²) >= 11 is 0. The van der Waals surface area contributed by atoms with E-state index in [-0.39, 0.29) is 43.1 Å². The molecule has 22 heavy (non-hydrogen) atoms. The Morgan fingerprint density at radius 3 is 2.50 bits per heavy atom. The molecule has 1 aromatic rings. The first-order valence-corrected chi connectivity index (χ1v) is 8.19. The molecule has 0 saturated heterocycles. The lowest BCUT2D eigenvalue weighted by atomic mass is 9.95. The average Bonchev–Trinajstić information content (AvgIpc) is 2.78. The van der Waals surface area contributed by atoms with Gasteiger partial charge >= 0.3 is 0 Å². The van der Waals surface area contributed by atoms with E-state index in [1.54, 1.807) is 12.1 Å². The van der Waals surface area contributed by atoms with E-state index in [1.807, 2.05) is 18.2 Å². The number of hydrogen-bond donors (Lipinski definition) is 2. The molecule has 2 unspecified atom stereocenters. The quantitative estimate of drug-likeness (QED) is 0.627. The van der Waals surface area contributed by atoms with E-state index in [0.29, 0.717) is 5.56 Å². The molecule has 120 valence electrons. The summed E-state index contributed by atoms with van der Waals surface area (Å²) in [6.07, 6.45) is 5.69. The first-order valence-electron chi connectivity index (χ1n) is 8.19. The molecule has 0 spiro atoms. The number of carbonyl (C=O) groups excluding carboxylic acids is 2. The number of carbonyl (C=O) groups is 2. The first kappa shape index (κ1) is 16.7. The monoisotopic (exact) mass is 303 g/mol. The van der Waals surface area contributed by atoms with Crippen LogP contribution in [0.5, 0.6) is 0 Å². The van der Waals surface area contributed by atoms with Crippen LogP contribution in [0.1, 0.15) is 55.3 Å². The highest BCUT2D eigenvalue weighted by atomic mass is 16.3. The lowest BCUT2D eigenvalue weighted by Crippen LogP contribution is -2.41. The molecule has 2 rings (SSSR count). The van der Waals surface area contributed by atoms with Crippen LogP contribution in [-0.4, -0.2) is 29.4 Å². The Balaban J connectivity index is 1.80. The van der Waals surface area contributed by atoms with Crippen LogP contribution < -0.4 is 5.32 Å². The normalized spacial score (nSPS) is 21.9. The van der Waals surface area contributed by atoms with E-state index in [1.165, 1.54) is 0 Å². The van der Waals surface area contributed by atoms with Crippen LogP contribution >= 0.6 is 0 Å². The highest BCUT2D eigenvalue weighted by Gasteiger charge is 2.24. The lowest BCUT2D eigenvalue weighted by Gasteiger charge is -2.24. The van der Waals surface area contributed by atoms with Crippen molar-refractivity contribution in [2.75, 3.05) is 6.61 Å². The zero-order valence-corrected chi connectivity index (χ0v) is 13.0. The van der Waals surface area contributed by atoms with Crippen LogP contribution in [-0.2, 0) is 4.79 Å². The van der Waals surface area contributed by atoms with Crippen molar-refractivity contribution in [3.63, 3.8) is 0 Å². The van der Waals surface area contributed by atoms with Crippen LogP contribution in [0, 0.1) is 5.92 Å². The van der Waals surface area contributed by atoms with Gasteiger partial charge in [-0.3, -0.25) is 9.59 Å². The van der Waals surface area contributed by atoms with Crippen molar-refractivity contribution in [2.45, 2.75) is 51.0 Å². The van der Waals surface area contributed by atoms with Crippen molar-refractivity contribution in [1.29, 1.82) is 0 Å². The number of rotatable bonds is 6. The number of ketones is 1. The highest BCUT2D eigenvalue weighted by molar-refractivity contribution is 5.97. The third kappa shape index (κ3) is 4.95. The maximum Gasteiger partial charge on any atom is 0.220 e. The summed E-state index contributed by atoms with van der Waals surface area (Å²) in [6.45, 7) is 0.119. The van der Waals surface area contributed by atoms with Gasteiger partial charge in [-0.05, 0) is 12.8 Å². The number of benzene rings is 1. The van der Waals surface area contributed by atoms with Gasteiger partial charge in [0.05, 0.1) is 0 Å². The largest absolute Gasteiger partial charge is 0.396 e. The first-order chi connectivity index (χ1) is 10.7. The van der Waals surface area contributed by atoms with Crippen molar-refractivity contribution in [3.05, 3.63) is 35.9 Å². The lowest BCUT2D eigenvalue weighted by molar-refractivity contribution is -0.122. The topological polar surface area (TPSA) is 66.4 Å². The van der Waals surface area contributed by atoms with Crippen LogP contribution in [0.3, 0.4) is 0 Å². The van der Waals surface area contributed by atoms with Crippen molar-refractivity contribution >= 4 is 11.7 Å². The van der Waals surface area contributed by atoms with Gasteiger partial charge in [-0.15, -0.1) is 0 Å². The van der Waals surface area contributed by atoms with Crippen LogP contribution in [0.25, 0.3) is 0 Å². The van der Waals surface area contributed by atoms with Crippen molar-refractivity contribution in [2.24, 2.45) is 5.92 Å². The van der Waals surface area contributed by atoms with Crippen molar-refractivity contribution in [3.8, 4) is 0 Å². The molecule has 0 aromatic heterocycles. The molecule has 1 amide bonds. The van der Waals surface area contributed by atoms with Crippen LogP contribution in [0.4, 0.5) is 0 Å². The molecule has 0 aliphatic heterocycles. The Hall–Kier alpha value is -1.68. The van der Waals surface area contributed by atoms with Gasteiger partial charge in [0.1, 0.15) is 0 Å². The van der Waals surface area contributed by atoms with Crippen molar-refractivity contribution < 1.29 is 14.7 Å². The summed E-state index contributed by atoms with van der Waals surface area (Å²) in [6, 6.07) is 9.10. The Bertz CT molecular complexity index is 486. The molecule has 1 aromatic carbocycles. The molecule has 0 bridgehead atoms. The number of aliphatic hydroxyl groups is 1. The SMILES string of the molecule is O=C(CCC(=O)c1ccccc1)NC1CCCCCC1CO. The third-order valence-electron chi connectivity index (χ3n) is 4.41. The van der Waals surface area contributed by atoms with Gasteiger partial charge in [-0.2, -0.15) is 0 Å². The smallest absolute Gasteiger partial charge is 0.220 e. The second kappa shape index (κ2) is 8.69. The van der Waals surface area contributed by atoms with Gasteiger partial charge in [0.25, 0.3) is 0 Å². The fourth-order valence-corrected chi connectivity index (χ4v) is 3.07. The molecule has 4 nitrogen and oxygen atoms in total. The number of Topliss-reactive ketones (excluding diaryl/α,β-unsaturated/α-hetero) is 1. The van der Waals surface area contributed by atoms with Crippen LogP contribution in [0.2, 0.25) is 0 Å². The molecule has 1 saturated carbocycles. The minimum Gasteiger partial charge on any atom is -0.396 e. The second-order valence-corrected chi connectivity index (χ2v) is 6.04. The Kier molecular flexibility index (Phi) is 6.59. The third-order valence-corrected chi connectivity index (χ3v) is 4.41. The predicted molar refractivity (Wildman–Crippen MR) is 85.6 cm³/mol. The molecule has 0 radical (unpaired) electrons. The maximum atomic E-state index is 12.1. The number of amides is 1. The van der Waals surface area contributed by atoms with Gasteiger partial charge in [-0.1, -0.05) is 49.6 Å². The number of hydrogen-bond acceptors (Lipinski definition) is 3. The number of aliphatic hydroxyl groups excluding tert-OH is 1. The maximum absolute atomic E-state index is 12.1. The Morgan fingerprint density at radius 2 is 1.77 bits per heavy atom. The minimum absolute atomic E-state index is 0.00433. The standard InChI is InChI=1S/C18H25NO3/c20-13-15-9-5-2-6-10-16(15)19-18(22)12-11-17(21)14-7-3-1-4-8-14/h1,3-4,7-8,15-16,20H,2,5-6,9-13H2,(H,19,22). The predicted octanol–water partition coefficient (Wildman–Crippen LogP) is 2.71. The molecule has 1 fully saturated rings. The fraction of sp³-hybridized carbons (Fsp3) is 0.556. The summed E-state index contributed by atoms with van der Waals surface area (Å²) in [4.78, 5) is 24.1. The zero-order valence-electron chi connectivity index (χ0n) is 13.0. The minimum atomic E-state index is -0.0883. The molecule has 2 atom stereocenters. The van der Waals surface area contributed by atoms with E-state index >= 15 is 0 Å². The molecular weight excluding hydrogens is 278 g/mol. The van der Waals surface area contributed by atoms with Gasteiger partial charge in [-0.25, -0.2) is 0 Å². The van der Waals surface area contributed by atoms with Gasteiger partial charge in [0.2, 0.25) is 5.91 Å². The second-order valence-electron chi connectivity index (χ2n) is 6.04. The Labute approximate surface area is 131 Å². The molecule has 1 aliphatic carbocycles. The molecule has 4 heteroatoms. The van der Waals surface area contributed by atoms with E-state index in [0.717, 1.165) is 32.1 Å². The average molecular weight is 303 g/mol. The Morgan fingerprint density at radius 1 is 1.05 bits per heavy atom. The van der Waals surface area contributed by atoms with Gasteiger partial charge < -0.3 is 10.4 Å². The summed E-state index contributed by atoms with van der Waals surface area (Å²) < 4.78 is 0. The van der Waals surface area contributed by atoms with Gasteiger partial charge in [0.15, 0.2) is 5.78 Å². The van der Waals surface area contributed by atoms with E-state index in [2.05, 4.69) is 5.32 Å². The van der Waals surface area contributed by atoms with E-state index in [4.69, 9.17) is 0 Å². The van der Waals surface area contributed by atoms with Gasteiger partial charge in [0, 0.05) is 37.0 Å². The molecule has 1 aliphatic rings. The summed E-state index contributed by atoms with van der Waals surface area (Å²) in [5.74, 6) is 0.0567. The molecule has 2 N–H and O–H groups in total. The fourth-order valence-electron chi connectivity index (χ4n) is 3.07. The van der Waals surface area contributed by atoms with Crippen LogP contribution in [0.15, 0.2) is 30.3 Å². The summed E-state index contributed by atoms with van der Waals surface area (Å²) in [5.41, 5.74) is 0.651. The zero-order chi connectivity index (χ0) is 15.8. The number of nitrogens with one attached hydrogen (secondary N) is 1. The summed E-state index contributed by atoms with van der Waals surface area (Å²) in [7, 11) is 0. The van der Waals surface area contributed by atoms with E-state index in [9.17, 15) is 14.7 Å². The molecular formula is C18H25NO3.